The number of fused-ring (bicyclic) bond motifs is 5. The van der Waals surface area contributed by atoms with E-state index in [1.54, 1.807) is 11.6 Å². The Morgan fingerprint density at radius 3 is 2.50 bits per heavy atom. The molecule has 0 aromatic heterocycles. The molecule has 0 aromatic rings. The molecule has 0 radical (unpaired) electrons. The van der Waals surface area contributed by atoms with Crippen LogP contribution in [0.5, 0.6) is 0 Å². The van der Waals surface area contributed by atoms with Crippen molar-refractivity contribution in [1.82, 2.24) is 0 Å². The monoisotopic (exact) mass is 496 g/mol. The smallest absolute Gasteiger partial charge is 0.330 e. The van der Waals surface area contributed by atoms with Crippen LogP contribution in [0.2, 0.25) is 0 Å². The molecule has 0 spiro atoms. The van der Waals surface area contributed by atoms with Crippen LogP contribution in [0.3, 0.4) is 0 Å². The normalized spacial score (nSPS) is 39.0. The molecule has 4 aliphatic carbocycles. The van der Waals surface area contributed by atoms with E-state index < -0.39 is 0 Å². The zero-order valence-corrected chi connectivity index (χ0v) is 24.7. The topological polar surface area (TPSA) is 26.3 Å². The molecule has 3 saturated carbocycles. The van der Waals surface area contributed by atoms with Gasteiger partial charge in [0.25, 0.3) is 0 Å². The first kappa shape index (κ1) is 28.0. The van der Waals surface area contributed by atoms with Crippen LogP contribution in [0.4, 0.5) is 0 Å². The van der Waals surface area contributed by atoms with Crippen molar-refractivity contribution >= 4 is 5.97 Å². The molecule has 0 aromatic carbocycles. The Labute approximate surface area is 223 Å². The van der Waals surface area contributed by atoms with Crippen LogP contribution in [0.15, 0.2) is 23.8 Å². The summed E-state index contributed by atoms with van der Waals surface area (Å²) in [6.45, 7) is 16.9. The van der Waals surface area contributed by atoms with Crippen molar-refractivity contribution in [2.45, 2.75) is 132 Å². The summed E-state index contributed by atoms with van der Waals surface area (Å²) in [7, 11) is 0. The van der Waals surface area contributed by atoms with Crippen LogP contribution in [-0.4, -0.2) is 12.1 Å². The fourth-order valence-corrected chi connectivity index (χ4v) is 9.39. The molecule has 2 nitrogen and oxygen atoms in total. The highest BCUT2D eigenvalue weighted by atomic mass is 16.5. The van der Waals surface area contributed by atoms with E-state index in [9.17, 15) is 4.79 Å². The summed E-state index contributed by atoms with van der Waals surface area (Å²) in [5.74, 6) is 5.66. The van der Waals surface area contributed by atoms with Gasteiger partial charge in [-0.15, -0.1) is 0 Å². The Morgan fingerprint density at radius 2 is 1.78 bits per heavy atom. The van der Waals surface area contributed by atoms with E-state index in [4.69, 9.17) is 4.74 Å². The molecule has 4 aliphatic rings. The number of rotatable bonds is 9. The van der Waals surface area contributed by atoms with Gasteiger partial charge >= 0.3 is 5.97 Å². The van der Waals surface area contributed by atoms with Crippen molar-refractivity contribution in [3.63, 3.8) is 0 Å². The zero-order valence-electron chi connectivity index (χ0n) is 24.7. The highest BCUT2D eigenvalue weighted by Crippen LogP contribution is 2.67. The Kier molecular flexibility index (Phi) is 8.83. The molecule has 0 N–H and O–H groups in total. The first-order valence-corrected chi connectivity index (χ1v) is 15.6. The lowest BCUT2D eigenvalue weighted by Crippen LogP contribution is -2.51. The summed E-state index contributed by atoms with van der Waals surface area (Å²) in [5, 5.41) is 0. The molecule has 0 unspecified atom stereocenters. The number of hydrogen-bond acceptors (Lipinski definition) is 2. The fraction of sp³-hybridized carbons (Fsp3) is 0.853. The predicted molar refractivity (Wildman–Crippen MR) is 152 cm³/mol. The number of carbonyl (C=O) groups is 1. The molecule has 36 heavy (non-hydrogen) atoms. The predicted octanol–water partition coefficient (Wildman–Crippen LogP) is 9.54. The summed E-state index contributed by atoms with van der Waals surface area (Å²) in [4.78, 5) is 12.4. The maximum Gasteiger partial charge on any atom is 0.330 e. The van der Waals surface area contributed by atoms with Gasteiger partial charge in [-0.2, -0.15) is 0 Å². The zero-order chi connectivity index (χ0) is 26.1. The maximum absolute atomic E-state index is 12.4. The van der Waals surface area contributed by atoms with E-state index in [0.29, 0.717) is 16.7 Å². The SMILES string of the molecule is CC(C)C/C=C/C(=O)O[C@H]1CC[C@@]2(C)C(=CC[C@@H]3[C@H]4CC[C@@H]([C@H](C)CCCC(C)C)[C@@]4(C)CC[C@H]32)C1. The summed E-state index contributed by atoms with van der Waals surface area (Å²) in [5.41, 5.74) is 2.48. The highest BCUT2D eigenvalue weighted by Gasteiger charge is 2.59. The second-order valence-electron chi connectivity index (χ2n) is 14.6. The largest absolute Gasteiger partial charge is 0.459 e. The molecule has 3 fully saturated rings. The van der Waals surface area contributed by atoms with Gasteiger partial charge in [0.2, 0.25) is 0 Å². The third kappa shape index (κ3) is 5.68. The Balaban J connectivity index is 1.39. The van der Waals surface area contributed by atoms with Crippen molar-refractivity contribution in [2.24, 2.45) is 52.3 Å². The van der Waals surface area contributed by atoms with Gasteiger partial charge in [-0.25, -0.2) is 4.79 Å². The van der Waals surface area contributed by atoms with E-state index in [-0.39, 0.29) is 12.1 Å². The summed E-state index contributed by atoms with van der Waals surface area (Å²) in [6.07, 6.45) is 21.6. The van der Waals surface area contributed by atoms with Crippen LogP contribution in [0.1, 0.15) is 126 Å². The fourth-order valence-electron chi connectivity index (χ4n) is 9.39. The quantitative estimate of drug-likeness (QED) is 0.180. The van der Waals surface area contributed by atoms with Gasteiger partial charge < -0.3 is 4.74 Å². The lowest BCUT2D eigenvalue weighted by atomic mass is 9.47. The number of hydrogen-bond donors (Lipinski definition) is 0. The summed E-state index contributed by atoms with van der Waals surface area (Å²) in [6, 6.07) is 0. The van der Waals surface area contributed by atoms with Crippen LogP contribution in [0, 0.1) is 52.3 Å². The molecule has 0 heterocycles. The lowest BCUT2D eigenvalue weighted by molar-refractivity contribution is -0.145. The molecule has 0 aliphatic heterocycles. The van der Waals surface area contributed by atoms with Gasteiger partial charge in [0.1, 0.15) is 6.10 Å². The lowest BCUT2D eigenvalue weighted by Gasteiger charge is -2.58. The molecule has 2 heteroatoms. The molecular weight excluding hydrogens is 440 g/mol. The van der Waals surface area contributed by atoms with Gasteiger partial charge in [-0.3, -0.25) is 0 Å². The van der Waals surface area contributed by atoms with Crippen molar-refractivity contribution < 1.29 is 9.53 Å². The van der Waals surface area contributed by atoms with Gasteiger partial charge in [0, 0.05) is 12.5 Å². The second-order valence-corrected chi connectivity index (χ2v) is 14.6. The molecule has 0 bridgehead atoms. The van der Waals surface area contributed by atoms with Gasteiger partial charge in [-0.1, -0.05) is 85.5 Å². The summed E-state index contributed by atoms with van der Waals surface area (Å²) < 4.78 is 5.91. The Hall–Kier alpha value is -1.05. The molecular formula is C34H56O2. The molecule has 0 saturated heterocycles. The number of allylic oxidation sites excluding steroid dienone is 2. The third-order valence-electron chi connectivity index (χ3n) is 11.4. The standard InChI is InChI=1S/C34H56O2/c1-23(2)10-8-12-25(5)29-16-17-30-28-15-14-26-22-27(36-32(35)13-9-11-24(3)4)18-20-33(26,6)31(28)19-21-34(29,30)7/h9,13-14,23-25,27-31H,8,10-12,15-22H2,1-7H3/b13-9+/t25-,27+,28-,29+,30-,31-,33+,34-/m1/s1. The van der Waals surface area contributed by atoms with Crippen molar-refractivity contribution in [1.29, 1.82) is 0 Å². The Bertz CT molecular complexity index is 821. The van der Waals surface area contributed by atoms with E-state index in [1.165, 1.54) is 57.8 Å². The molecule has 4 rings (SSSR count). The van der Waals surface area contributed by atoms with Crippen molar-refractivity contribution in [2.75, 3.05) is 0 Å². The number of esters is 1. The number of ether oxygens (including phenoxy) is 1. The van der Waals surface area contributed by atoms with E-state index in [0.717, 1.165) is 54.8 Å². The van der Waals surface area contributed by atoms with E-state index >= 15 is 0 Å². The molecule has 0 amide bonds. The van der Waals surface area contributed by atoms with Crippen LogP contribution in [-0.2, 0) is 9.53 Å². The minimum absolute atomic E-state index is 0.0634. The van der Waals surface area contributed by atoms with Gasteiger partial charge in [0.15, 0.2) is 0 Å². The van der Waals surface area contributed by atoms with Crippen LogP contribution < -0.4 is 0 Å². The second kappa shape index (κ2) is 11.4. The average molecular weight is 497 g/mol. The highest BCUT2D eigenvalue weighted by molar-refractivity contribution is 5.82. The van der Waals surface area contributed by atoms with Crippen LogP contribution in [0.25, 0.3) is 0 Å². The maximum atomic E-state index is 12.4. The molecule has 8 atom stereocenters. The first-order chi connectivity index (χ1) is 17.0. The third-order valence-corrected chi connectivity index (χ3v) is 11.4. The van der Waals surface area contributed by atoms with Crippen LogP contribution >= 0.6 is 0 Å². The minimum Gasteiger partial charge on any atom is -0.459 e. The van der Waals surface area contributed by atoms with Crippen molar-refractivity contribution in [3.8, 4) is 0 Å². The number of carbonyl (C=O) groups excluding carboxylic acids is 1. The van der Waals surface area contributed by atoms with E-state index in [1.807, 2.05) is 6.08 Å². The Morgan fingerprint density at radius 1 is 1.00 bits per heavy atom. The van der Waals surface area contributed by atoms with Gasteiger partial charge in [-0.05, 0) is 104 Å². The average Bonchev–Trinajstić information content (AvgIpc) is 3.16. The summed E-state index contributed by atoms with van der Waals surface area (Å²) >= 11 is 0. The minimum atomic E-state index is -0.147. The van der Waals surface area contributed by atoms with E-state index in [2.05, 4.69) is 54.5 Å². The van der Waals surface area contributed by atoms with Gasteiger partial charge in [0.05, 0.1) is 0 Å². The molecule has 204 valence electrons. The first-order valence-electron chi connectivity index (χ1n) is 15.6. The van der Waals surface area contributed by atoms with Crippen molar-refractivity contribution in [3.05, 3.63) is 23.8 Å².